The Kier molecular flexibility index (Phi) is 7.35. The zero-order valence-electron chi connectivity index (χ0n) is 20.6. The number of amides is 2. The number of nitrogens with two attached hydrogens (primary N) is 1. The zero-order valence-corrected chi connectivity index (χ0v) is 20.6. The molecule has 7 nitrogen and oxygen atoms in total. The van der Waals surface area contributed by atoms with E-state index < -0.39 is 12.1 Å². The van der Waals surface area contributed by atoms with Gasteiger partial charge in [0, 0.05) is 24.9 Å². The lowest BCUT2D eigenvalue weighted by molar-refractivity contribution is -0.121. The third-order valence-electron chi connectivity index (χ3n) is 6.93. The predicted octanol–water partition coefficient (Wildman–Crippen LogP) is 4.54. The maximum atomic E-state index is 13.4. The Morgan fingerprint density at radius 1 is 0.946 bits per heavy atom. The minimum Gasteiger partial charge on any atom is -0.397 e. The number of nitrogen functional groups attached to an aromatic ring is 1. The molecule has 2 fully saturated rings. The fourth-order valence-electron chi connectivity index (χ4n) is 4.74. The number of carbonyl (C=O) groups excluding carboxylic acids is 2. The largest absolute Gasteiger partial charge is 0.397 e. The van der Waals surface area contributed by atoms with E-state index in [9.17, 15) is 14.7 Å². The Morgan fingerprint density at radius 3 is 2.32 bits per heavy atom. The van der Waals surface area contributed by atoms with Crippen LogP contribution in [0.2, 0.25) is 0 Å². The number of β-amino-alcohol motifs (C(OH)–C–C–N with tert-alkyl or cyclic N) is 1. The summed E-state index contributed by atoms with van der Waals surface area (Å²) in [5.41, 5.74) is 10.7. The summed E-state index contributed by atoms with van der Waals surface area (Å²) in [7, 11) is 0. The third-order valence-corrected chi connectivity index (χ3v) is 6.93. The molecule has 0 spiro atoms. The van der Waals surface area contributed by atoms with Gasteiger partial charge in [-0.1, -0.05) is 48.5 Å². The molecule has 1 saturated carbocycles. The van der Waals surface area contributed by atoms with E-state index in [1.54, 1.807) is 18.2 Å². The second-order valence-electron chi connectivity index (χ2n) is 9.80. The summed E-state index contributed by atoms with van der Waals surface area (Å²) < 4.78 is 0. The van der Waals surface area contributed by atoms with Crippen molar-refractivity contribution in [3.63, 3.8) is 0 Å². The molecule has 1 unspecified atom stereocenters. The normalized spacial score (nSPS) is 18.6. The van der Waals surface area contributed by atoms with E-state index in [4.69, 9.17) is 5.73 Å². The van der Waals surface area contributed by atoms with E-state index in [1.807, 2.05) is 53.4 Å². The van der Waals surface area contributed by atoms with Crippen molar-refractivity contribution in [2.75, 3.05) is 29.5 Å². The first-order chi connectivity index (χ1) is 18.0. The van der Waals surface area contributed by atoms with Crippen LogP contribution in [-0.4, -0.2) is 41.0 Å². The molecule has 2 amide bonds. The highest BCUT2D eigenvalue weighted by Gasteiger charge is 2.33. The van der Waals surface area contributed by atoms with Gasteiger partial charge in [-0.05, 0) is 72.2 Å². The average Bonchev–Trinajstić information content (AvgIpc) is 3.66. The van der Waals surface area contributed by atoms with Crippen LogP contribution in [0.1, 0.15) is 47.9 Å². The minimum absolute atomic E-state index is 0.128. The number of benzene rings is 3. The maximum Gasteiger partial charge on any atom is 0.248 e. The number of anilines is 3. The molecule has 190 valence electrons. The second kappa shape index (κ2) is 11.0. The molecule has 2 aliphatic rings. The molecule has 3 aromatic carbocycles. The van der Waals surface area contributed by atoms with Crippen molar-refractivity contribution in [3.05, 3.63) is 95.6 Å². The van der Waals surface area contributed by atoms with Gasteiger partial charge in [0.25, 0.3) is 0 Å². The fraction of sp³-hybridized carbons (Fsp3) is 0.267. The number of nitrogens with one attached hydrogen (secondary N) is 2. The summed E-state index contributed by atoms with van der Waals surface area (Å²) in [6, 6.07) is 22.2. The van der Waals surface area contributed by atoms with Crippen LogP contribution in [0.25, 0.3) is 6.08 Å². The standard InChI is InChI=1S/C30H32N4O3/c31-26-3-1-2-4-27(26)33-28(36)16-7-20-5-8-23(9-6-20)29(34-18-17-25(35)19-34)30(37)32-24-14-12-22(13-15-24)21-10-11-21/h1-9,12-16,21,25,29,35H,10-11,17-19,31H2,(H,32,37)(H,33,36)/t25-,29?/m0/s1. The Labute approximate surface area is 217 Å². The van der Waals surface area contributed by atoms with Crippen molar-refractivity contribution in [2.24, 2.45) is 0 Å². The molecule has 37 heavy (non-hydrogen) atoms. The van der Waals surface area contributed by atoms with E-state index >= 15 is 0 Å². The van der Waals surface area contributed by atoms with E-state index in [-0.39, 0.29) is 11.8 Å². The van der Waals surface area contributed by atoms with Gasteiger partial charge in [-0.2, -0.15) is 0 Å². The molecule has 5 N–H and O–H groups in total. The van der Waals surface area contributed by atoms with Crippen molar-refractivity contribution in [1.82, 2.24) is 4.90 Å². The van der Waals surface area contributed by atoms with Gasteiger partial charge in [-0.3, -0.25) is 14.5 Å². The van der Waals surface area contributed by atoms with Crippen molar-refractivity contribution < 1.29 is 14.7 Å². The number of aliphatic hydroxyl groups is 1. The van der Waals surface area contributed by atoms with E-state index in [2.05, 4.69) is 22.8 Å². The van der Waals surface area contributed by atoms with Crippen LogP contribution in [-0.2, 0) is 9.59 Å². The number of nitrogens with zero attached hydrogens (tertiary/aromatic N) is 1. The van der Waals surface area contributed by atoms with Gasteiger partial charge in [-0.15, -0.1) is 0 Å². The second-order valence-corrected chi connectivity index (χ2v) is 9.80. The lowest BCUT2D eigenvalue weighted by Gasteiger charge is -2.27. The molecule has 7 heteroatoms. The van der Waals surface area contributed by atoms with Crippen LogP contribution in [0.15, 0.2) is 78.9 Å². The van der Waals surface area contributed by atoms with Crippen molar-refractivity contribution in [2.45, 2.75) is 37.3 Å². The van der Waals surface area contributed by atoms with Crippen molar-refractivity contribution >= 4 is 35.0 Å². The highest BCUT2D eigenvalue weighted by atomic mass is 16.3. The molecule has 2 atom stereocenters. The highest BCUT2D eigenvalue weighted by Crippen LogP contribution is 2.40. The van der Waals surface area contributed by atoms with Crippen LogP contribution < -0.4 is 16.4 Å². The van der Waals surface area contributed by atoms with E-state index in [0.717, 1.165) is 16.8 Å². The number of hydrogen-bond donors (Lipinski definition) is 4. The topological polar surface area (TPSA) is 108 Å². The van der Waals surface area contributed by atoms with Gasteiger partial charge >= 0.3 is 0 Å². The van der Waals surface area contributed by atoms with Crippen LogP contribution in [0, 0.1) is 0 Å². The molecule has 1 heterocycles. The maximum absolute atomic E-state index is 13.4. The average molecular weight is 497 g/mol. The molecule has 0 radical (unpaired) electrons. The SMILES string of the molecule is Nc1ccccc1NC(=O)C=Cc1ccc(C(C(=O)Nc2ccc(C3CC3)cc2)N2CC[C@H](O)C2)cc1. The summed E-state index contributed by atoms with van der Waals surface area (Å²) in [4.78, 5) is 27.7. The molecule has 1 aliphatic heterocycles. The minimum atomic E-state index is -0.525. The van der Waals surface area contributed by atoms with E-state index in [0.29, 0.717) is 36.8 Å². The van der Waals surface area contributed by atoms with Gasteiger partial charge in [0.1, 0.15) is 6.04 Å². The van der Waals surface area contributed by atoms with Crippen molar-refractivity contribution in [1.29, 1.82) is 0 Å². The molecular formula is C30H32N4O3. The summed E-state index contributed by atoms with van der Waals surface area (Å²) in [6.45, 7) is 1.09. The number of hydrogen-bond acceptors (Lipinski definition) is 5. The third kappa shape index (κ3) is 6.25. The highest BCUT2D eigenvalue weighted by molar-refractivity contribution is 6.03. The van der Waals surface area contributed by atoms with Gasteiger partial charge in [0.15, 0.2) is 0 Å². The fourth-order valence-corrected chi connectivity index (χ4v) is 4.74. The number of rotatable bonds is 8. The molecule has 0 bridgehead atoms. The summed E-state index contributed by atoms with van der Waals surface area (Å²) in [5.74, 6) is 0.257. The van der Waals surface area contributed by atoms with Crippen LogP contribution in [0.5, 0.6) is 0 Å². The van der Waals surface area contributed by atoms with Gasteiger partial charge in [0.05, 0.1) is 17.5 Å². The zero-order chi connectivity index (χ0) is 25.8. The van der Waals surface area contributed by atoms with Gasteiger partial charge in [-0.25, -0.2) is 0 Å². The number of para-hydroxylation sites is 2. The molecule has 0 aromatic heterocycles. The van der Waals surface area contributed by atoms with Gasteiger partial charge in [0.2, 0.25) is 11.8 Å². The Balaban J connectivity index is 1.28. The molecule has 3 aromatic rings. The van der Waals surface area contributed by atoms with Crippen LogP contribution in [0.3, 0.4) is 0 Å². The van der Waals surface area contributed by atoms with Crippen molar-refractivity contribution in [3.8, 4) is 0 Å². The first-order valence-electron chi connectivity index (χ1n) is 12.7. The van der Waals surface area contributed by atoms with Crippen LogP contribution in [0.4, 0.5) is 17.1 Å². The first kappa shape index (κ1) is 24.7. The monoisotopic (exact) mass is 496 g/mol. The summed E-state index contributed by atoms with van der Waals surface area (Å²) in [6.07, 6.45) is 5.85. The van der Waals surface area contributed by atoms with E-state index in [1.165, 1.54) is 24.5 Å². The summed E-state index contributed by atoms with van der Waals surface area (Å²) in [5, 5.41) is 15.9. The van der Waals surface area contributed by atoms with Crippen LogP contribution >= 0.6 is 0 Å². The summed E-state index contributed by atoms with van der Waals surface area (Å²) >= 11 is 0. The Hall–Kier alpha value is -3.94. The number of carbonyl (C=O) groups is 2. The molecule has 5 rings (SSSR count). The Morgan fingerprint density at radius 2 is 1.68 bits per heavy atom. The number of aliphatic hydroxyl groups excluding tert-OH is 1. The Bertz CT molecular complexity index is 1280. The lowest BCUT2D eigenvalue weighted by Crippen LogP contribution is -2.36. The lowest BCUT2D eigenvalue weighted by atomic mass is 10.0. The number of likely N-dealkylation sites (tertiary alicyclic amines) is 1. The quantitative estimate of drug-likeness (QED) is 0.270. The first-order valence-corrected chi connectivity index (χ1v) is 12.7. The smallest absolute Gasteiger partial charge is 0.248 e. The van der Waals surface area contributed by atoms with Gasteiger partial charge < -0.3 is 21.5 Å². The predicted molar refractivity (Wildman–Crippen MR) is 147 cm³/mol. The molecule has 1 aliphatic carbocycles. The molecule has 1 saturated heterocycles. The molecular weight excluding hydrogens is 464 g/mol.